The van der Waals surface area contributed by atoms with Crippen molar-refractivity contribution >= 4 is 0 Å². The first-order chi connectivity index (χ1) is 8.77. The predicted molar refractivity (Wildman–Crippen MR) is 70.2 cm³/mol. The smallest absolute Gasteiger partial charge is 0.165 e. The van der Waals surface area contributed by atoms with Crippen LogP contribution < -0.4 is 10.1 Å². The first kappa shape index (κ1) is 14.9. The fourth-order valence-corrected chi connectivity index (χ4v) is 1.73. The largest absolute Gasteiger partial charge is 0.491 e. The second-order valence-corrected chi connectivity index (χ2v) is 4.28. The Kier molecular flexibility index (Phi) is 7.37. The summed E-state index contributed by atoms with van der Waals surface area (Å²) in [6, 6.07) is 5.04. The van der Waals surface area contributed by atoms with Gasteiger partial charge in [-0.05, 0) is 44.0 Å². The van der Waals surface area contributed by atoms with Crippen LogP contribution in [0.3, 0.4) is 0 Å². The molecule has 1 rings (SSSR count). The number of aliphatic hydroxyl groups excluding tert-OH is 1. The molecule has 0 unspecified atom stereocenters. The number of aliphatic hydroxyl groups is 1. The molecule has 1 aromatic carbocycles. The number of hydrogen-bond acceptors (Lipinski definition) is 3. The first-order valence-corrected chi connectivity index (χ1v) is 6.44. The Hall–Kier alpha value is -1.13. The molecular formula is C14H22FNO2. The fraction of sp³-hybridized carbons (Fsp3) is 0.571. The van der Waals surface area contributed by atoms with Gasteiger partial charge in [0, 0.05) is 13.2 Å². The van der Waals surface area contributed by atoms with Crippen molar-refractivity contribution in [1.29, 1.82) is 0 Å². The molecule has 0 radical (unpaired) electrons. The zero-order valence-corrected chi connectivity index (χ0v) is 10.9. The van der Waals surface area contributed by atoms with Crippen LogP contribution in [0.25, 0.3) is 0 Å². The normalized spacial score (nSPS) is 10.6. The van der Waals surface area contributed by atoms with E-state index in [1.54, 1.807) is 6.07 Å². The molecule has 0 atom stereocenters. The summed E-state index contributed by atoms with van der Waals surface area (Å²) in [6.07, 6.45) is 3.70. The van der Waals surface area contributed by atoms with Crippen molar-refractivity contribution in [2.75, 3.05) is 20.3 Å². The maximum absolute atomic E-state index is 13.6. The van der Waals surface area contributed by atoms with Crippen molar-refractivity contribution < 1.29 is 14.2 Å². The lowest BCUT2D eigenvalue weighted by molar-refractivity contribution is 0.269. The number of nitrogens with one attached hydrogen (secondary N) is 1. The van der Waals surface area contributed by atoms with Crippen LogP contribution in [0.15, 0.2) is 18.2 Å². The highest BCUT2D eigenvalue weighted by Crippen LogP contribution is 2.18. The zero-order valence-electron chi connectivity index (χ0n) is 10.9. The minimum Gasteiger partial charge on any atom is -0.491 e. The van der Waals surface area contributed by atoms with Gasteiger partial charge in [0.15, 0.2) is 11.6 Å². The second-order valence-electron chi connectivity index (χ2n) is 4.28. The van der Waals surface area contributed by atoms with E-state index in [0.29, 0.717) is 18.9 Å². The van der Waals surface area contributed by atoms with Gasteiger partial charge in [0.05, 0.1) is 6.61 Å². The van der Waals surface area contributed by atoms with Gasteiger partial charge < -0.3 is 15.2 Å². The summed E-state index contributed by atoms with van der Waals surface area (Å²) in [5.41, 5.74) is 0.908. The van der Waals surface area contributed by atoms with Crippen molar-refractivity contribution in [2.24, 2.45) is 0 Å². The summed E-state index contributed by atoms with van der Waals surface area (Å²) in [6.45, 7) is 1.41. The Bertz CT molecular complexity index is 345. The van der Waals surface area contributed by atoms with E-state index in [-0.39, 0.29) is 12.4 Å². The number of rotatable bonds is 9. The minimum absolute atomic E-state index is 0.239. The van der Waals surface area contributed by atoms with Gasteiger partial charge in [0.25, 0.3) is 0 Å². The Morgan fingerprint density at radius 3 is 2.67 bits per heavy atom. The molecule has 4 heteroatoms. The van der Waals surface area contributed by atoms with Crippen LogP contribution in [0, 0.1) is 5.82 Å². The predicted octanol–water partition coefficient (Wildman–Crippen LogP) is 2.48. The average molecular weight is 255 g/mol. The standard InChI is InChI=1S/C14H22FNO2/c1-16-11-12-6-7-14(13(15)10-12)18-9-5-3-2-4-8-17/h6-7,10,16-17H,2-5,8-9,11H2,1H3. The monoisotopic (exact) mass is 255 g/mol. The number of halogens is 1. The van der Waals surface area contributed by atoms with Crippen molar-refractivity contribution in [1.82, 2.24) is 5.32 Å². The molecule has 0 bridgehead atoms. The molecule has 0 amide bonds. The molecule has 0 aliphatic carbocycles. The number of ether oxygens (including phenoxy) is 1. The Balaban J connectivity index is 2.29. The van der Waals surface area contributed by atoms with Crippen LogP contribution in [0.5, 0.6) is 5.75 Å². The SMILES string of the molecule is CNCc1ccc(OCCCCCCO)c(F)c1. The highest BCUT2D eigenvalue weighted by atomic mass is 19.1. The lowest BCUT2D eigenvalue weighted by Crippen LogP contribution is -2.06. The number of hydrogen-bond donors (Lipinski definition) is 2. The van der Waals surface area contributed by atoms with E-state index in [1.165, 1.54) is 6.07 Å². The van der Waals surface area contributed by atoms with Crippen LogP contribution in [0.1, 0.15) is 31.2 Å². The van der Waals surface area contributed by atoms with Gasteiger partial charge in [-0.3, -0.25) is 0 Å². The molecule has 0 aromatic heterocycles. The third-order valence-electron chi connectivity index (χ3n) is 2.69. The lowest BCUT2D eigenvalue weighted by atomic mass is 10.2. The molecular weight excluding hydrogens is 233 g/mol. The molecule has 0 aliphatic rings. The molecule has 1 aromatic rings. The quantitative estimate of drug-likeness (QED) is 0.666. The summed E-state index contributed by atoms with van der Waals surface area (Å²) >= 11 is 0. The topological polar surface area (TPSA) is 41.5 Å². The molecule has 0 fully saturated rings. The molecule has 0 spiro atoms. The molecule has 0 heterocycles. The van der Waals surface area contributed by atoms with Crippen LogP contribution in [0.2, 0.25) is 0 Å². The molecule has 2 N–H and O–H groups in total. The second kappa shape index (κ2) is 8.89. The zero-order chi connectivity index (χ0) is 13.2. The van der Waals surface area contributed by atoms with E-state index in [2.05, 4.69) is 5.32 Å². The number of unbranched alkanes of at least 4 members (excludes halogenated alkanes) is 3. The maximum Gasteiger partial charge on any atom is 0.165 e. The van der Waals surface area contributed by atoms with E-state index in [1.807, 2.05) is 13.1 Å². The van der Waals surface area contributed by atoms with Gasteiger partial charge in [-0.1, -0.05) is 12.5 Å². The number of benzene rings is 1. The Morgan fingerprint density at radius 1 is 1.22 bits per heavy atom. The molecule has 102 valence electrons. The molecule has 0 saturated carbocycles. The van der Waals surface area contributed by atoms with Crippen LogP contribution in [-0.2, 0) is 6.54 Å². The average Bonchev–Trinajstić information content (AvgIpc) is 2.36. The van der Waals surface area contributed by atoms with Gasteiger partial charge in [0.1, 0.15) is 0 Å². The van der Waals surface area contributed by atoms with E-state index in [0.717, 1.165) is 31.2 Å². The summed E-state index contributed by atoms with van der Waals surface area (Å²) in [5.74, 6) is 0.00937. The fourth-order valence-electron chi connectivity index (χ4n) is 1.73. The minimum atomic E-state index is -0.307. The third-order valence-corrected chi connectivity index (χ3v) is 2.69. The Morgan fingerprint density at radius 2 is 2.00 bits per heavy atom. The van der Waals surface area contributed by atoms with Gasteiger partial charge in [-0.2, -0.15) is 0 Å². The van der Waals surface area contributed by atoms with Crippen molar-refractivity contribution in [3.63, 3.8) is 0 Å². The highest BCUT2D eigenvalue weighted by molar-refractivity contribution is 5.29. The van der Waals surface area contributed by atoms with Gasteiger partial charge in [-0.25, -0.2) is 4.39 Å². The summed E-state index contributed by atoms with van der Waals surface area (Å²) in [7, 11) is 1.83. The molecule has 18 heavy (non-hydrogen) atoms. The van der Waals surface area contributed by atoms with E-state index in [9.17, 15) is 4.39 Å². The van der Waals surface area contributed by atoms with E-state index >= 15 is 0 Å². The highest BCUT2D eigenvalue weighted by Gasteiger charge is 2.04. The molecule has 3 nitrogen and oxygen atoms in total. The molecule has 0 saturated heterocycles. The van der Waals surface area contributed by atoms with Crippen LogP contribution in [-0.4, -0.2) is 25.4 Å². The van der Waals surface area contributed by atoms with E-state index in [4.69, 9.17) is 9.84 Å². The summed E-state index contributed by atoms with van der Waals surface area (Å²) in [4.78, 5) is 0. The lowest BCUT2D eigenvalue weighted by Gasteiger charge is -2.08. The van der Waals surface area contributed by atoms with Gasteiger partial charge >= 0.3 is 0 Å². The summed E-state index contributed by atoms with van der Waals surface area (Å²) in [5, 5.41) is 11.6. The van der Waals surface area contributed by atoms with Gasteiger partial charge in [-0.15, -0.1) is 0 Å². The maximum atomic E-state index is 13.6. The van der Waals surface area contributed by atoms with Crippen LogP contribution >= 0.6 is 0 Å². The van der Waals surface area contributed by atoms with Crippen molar-refractivity contribution in [2.45, 2.75) is 32.2 Å². The van der Waals surface area contributed by atoms with Gasteiger partial charge in [0.2, 0.25) is 0 Å². The third kappa shape index (κ3) is 5.47. The van der Waals surface area contributed by atoms with Crippen LogP contribution in [0.4, 0.5) is 4.39 Å². The van der Waals surface area contributed by atoms with Crippen molar-refractivity contribution in [3.05, 3.63) is 29.6 Å². The summed E-state index contributed by atoms with van der Waals surface area (Å²) < 4.78 is 19.0. The first-order valence-electron chi connectivity index (χ1n) is 6.44. The molecule has 0 aliphatic heterocycles. The van der Waals surface area contributed by atoms with E-state index < -0.39 is 0 Å². The van der Waals surface area contributed by atoms with Crippen molar-refractivity contribution in [3.8, 4) is 5.75 Å². The Labute approximate surface area is 108 Å².